The Morgan fingerprint density at radius 1 is 0.821 bits per heavy atom. The minimum atomic E-state index is -0.258. The molecule has 0 aliphatic carbocycles. The molecule has 1 aromatic carbocycles. The molecular formula is C23H36O5. The lowest BCUT2D eigenvalue weighted by Crippen LogP contribution is -2.12. The Labute approximate surface area is 169 Å². The summed E-state index contributed by atoms with van der Waals surface area (Å²) in [5.74, 6) is 0.422. The Bertz CT molecular complexity index is 541. The zero-order valence-electron chi connectivity index (χ0n) is 17.7. The molecule has 0 amide bonds. The Balaban J connectivity index is 2.18. The summed E-state index contributed by atoms with van der Waals surface area (Å²) in [5, 5.41) is 0. The van der Waals surface area contributed by atoms with Gasteiger partial charge in [-0.05, 0) is 49.5 Å². The van der Waals surface area contributed by atoms with Crippen LogP contribution in [-0.2, 0) is 23.8 Å². The first-order valence-corrected chi connectivity index (χ1v) is 10.4. The molecule has 0 spiro atoms. The van der Waals surface area contributed by atoms with E-state index in [-0.39, 0.29) is 24.8 Å². The van der Waals surface area contributed by atoms with Crippen molar-refractivity contribution in [1.29, 1.82) is 0 Å². The van der Waals surface area contributed by atoms with Gasteiger partial charge in [-0.3, -0.25) is 9.59 Å². The molecule has 0 aliphatic heterocycles. The summed E-state index contributed by atoms with van der Waals surface area (Å²) in [4.78, 5) is 23.5. The van der Waals surface area contributed by atoms with Crippen molar-refractivity contribution >= 4 is 11.9 Å². The minimum Gasteiger partial charge on any atom is -0.466 e. The maximum Gasteiger partial charge on any atom is 0.305 e. The van der Waals surface area contributed by atoms with E-state index in [2.05, 4.69) is 26.0 Å². The molecule has 5 heteroatoms. The number of methoxy groups -OCH3 is 1. The van der Waals surface area contributed by atoms with Gasteiger partial charge in [0, 0.05) is 26.6 Å². The third kappa shape index (κ3) is 11.8. The highest BCUT2D eigenvalue weighted by atomic mass is 16.5. The number of benzene rings is 1. The molecule has 28 heavy (non-hydrogen) atoms. The SMILES string of the molecule is COCCC(CCOC(=O)CCCC(=O)OCCCC(C)C)c1ccccc1. The molecule has 1 atom stereocenters. The molecule has 0 saturated carbocycles. The van der Waals surface area contributed by atoms with Crippen LogP contribution in [0.25, 0.3) is 0 Å². The highest BCUT2D eigenvalue weighted by Gasteiger charge is 2.13. The van der Waals surface area contributed by atoms with E-state index in [1.54, 1.807) is 7.11 Å². The van der Waals surface area contributed by atoms with Crippen LogP contribution in [0.2, 0.25) is 0 Å². The molecule has 0 N–H and O–H groups in total. The fraction of sp³-hybridized carbons (Fsp3) is 0.652. The van der Waals surface area contributed by atoms with Crippen molar-refractivity contribution in [1.82, 2.24) is 0 Å². The van der Waals surface area contributed by atoms with E-state index in [1.807, 2.05) is 18.2 Å². The van der Waals surface area contributed by atoms with Crippen LogP contribution >= 0.6 is 0 Å². The fourth-order valence-corrected chi connectivity index (χ4v) is 2.98. The molecule has 0 aliphatic rings. The molecular weight excluding hydrogens is 356 g/mol. The molecule has 0 aromatic heterocycles. The molecule has 1 aromatic rings. The first kappa shape index (κ1) is 24.2. The number of hydrogen-bond donors (Lipinski definition) is 0. The molecule has 0 heterocycles. The molecule has 5 nitrogen and oxygen atoms in total. The van der Waals surface area contributed by atoms with Gasteiger partial charge in [0.05, 0.1) is 13.2 Å². The van der Waals surface area contributed by atoms with Crippen LogP contribution in [-0.4, -0.2) is 38.9 Å². The third-order valence-electron chi connectivity index (χ3n) is 4.62. The monoisotopic (exact) mass is 392 g/mol. The van der Waals surface area contributed by atoms with Gasteiger partial charge >= 0.3 is 11.9 Å². The molecule has 0 bridgehead atoms. The lowest BCUT2D eigenvalue weighted by molar-refractivity contribution is -0.145. The average molecular weight is 393 g/mol. The quantitative estimate of drug-likeness (QED) is 0.314. The van der Waals surface area contributed by atoms with Crippen LogP contribution in [0.3, 0.4) is 0 Å². The van der Waals surface area contributed by atoms with Gasteiger partial charge in [0.2, 0.25) is 0 Å². The topological polar surface area (TPSA) is 61.8 Å². The first-order chi connectivity index (χ1) is 13.5. The maximum absolute atomic E-state index is 11.9. The Kier molecular flexibility index (Phi) is 13.0. The minimum absolute atomic E-state index is 0.236. The van der Waals surface area contributed by atoms with Gasteiger partial charge in [0.25, 0.3) is 0 Å². The first-order valence-electron chi connectivity index (χ1n) is 10.4. The molecule has 1 unspecified atom stereocenters. The molecule has 0 saturated heterocycles. The second kappa shape index (κ2) is 15.1. The normalized spacial score (nSPS) is 12.0. The maximum atomic E-state index is 11.9. The van der Waals surface area contributed by atoms with Crippen molar-refractivity contribution in [2.24, 2.45) is 5.92 Å². The number of ether oxygens (including phenoxy) is 3. The molecule has 158 valence electrons. The number of rotatable bonds is 15. The van der Waals surface area contributed by atoms with Crippen LogP contribution in [0.15, 0.2) is 30.3 Å². The summed E-state index contributed by atoms with van der Waals surface area (Å²) in [6.07, 6.45) is 4.56. The van der Waals surface area contributed by atoms with Gasteiger partial charge < -0.3 is 14.2 Å². The number of hydrogen-bond acceptors (Lipinski definition) is 5. The predicted octanol–water partition coefficient (Wildman–Crippen LogP) is 4.89. The van der Waals surface area contributed by atoms with Crippen LogP contribution in [0.5, 0.6) is 0 Å². The highest BCUT2D eigenvalue weighted by Crippen LogP contribution is 2.23. The van der Waals surface area contributed by atoms with Gasteiger partial charge in [-0.2, -0.15) is 0 Å². The summed E-state index contributed by atoms with van der Waals surface area (Å²) in [5.41, 5.74) is 1.23. The number of carbonyl (C=O) groups excluding carboxylic acids is 2. The molecule has 0 radical (unpaired) electrons. The van der Waals surface area contributed by atoms with Crippen molar-refractivity contribution in [2.75, 3.05) is 26.9 Å². The van der Waals surface area contributed by atoms with Crippen molar-refractivity contribution in [2.45, 2.75) is 64.7 Å². The van der Waals surface area contributed by atoms with Gasteiger partial charge in [-0.1, -0.05) is 44.2 Å². The Morgan fingerprint density at radius 3 is 2.04 bits per heavy atom. The van der Waals surface area contributed by atoms with Gasteiger partial charge in [-0.15, -0.1) is 0 Å². The Morgan fingerprint density at radius 2 is 1.43 bits per heavy atom. The number of esters is 2. The van der Waals surface area contributed by atoms with Gasteiger partial charge in [0.15, 0.2) is 0 Å². The van der Waals surface area contributed by atoms with Crippen molar-refractivity contribution in [3.8, 4) is 0 Å². The van der Waals surface area contributed by atoms with Crippen molar-refractivity contribution in [3.63, 3.8) is 0 Å². The summed E-state index contributed by atoms with van der Waals surface area (Å²) in [6.45, 7) is 5.80. The van der Waals surface area contributed by atoms with E-state index in [9.17, 15) is 9.59 Å². The highest BCUT2D eigenvalue weighted by molar-refractivity contribution is 5.72. The van der Waals surface area contributed by atoms with Gasteiger partial charge in [0.1, 0.15) is 0 Å². The van der Waals surface area contributed by atoms with E-state index >= 15 is 0 Å². The van der Waals surface area contributed by atoms with Crippen LogP contribution in [0.1, 0.15) is 70.3 Å². The van der Waals surface area contributed by atoms with Crippen molar-refractivity contribution < 1.29 is 23.8 Å². The second-order valence-electron chi connectivity index (χ2n) is 7.51. The van der Waals surface area contributed by atoms with E-state index in [4.69, 9.17) is 14.2 Å². The van der Waals surface area contributed by atoms with Crippen LogP contribution in [0, 0.1) is 5.92 Å². The zero-order valence-corrected chi connectivity index (χ0v) is 17.7. The summed E-state index contributed by atoms with van der Waals surface area (Å²) < 4.78 is 15.7. The molecule has 0 fully saturated rings. The predicted molar refractivity (Wildman–Crippen MR) is 110 cm³/mol. The fourth-order valence-electron chi connectivity index (χ4n) is 2.98. The van der Waals surface area contributed by atoms with Crippen LogP contribution < -0.4 is 0 Å². The zero-order chi connectivity index (χ0) is 20.6. The van der Waals surface area contributed by atoms with E-state index in [1.165, 1.54) is 5.56 Å². The van der Waals surface area contributed by atoms with Gasteiger partial charge in [-0.25, -0.2) is 0 Å². The summed E-state index contributed by atoms with van der Waals surface area (Å²) in [6, 6.07) is 10.2. The smallest absolute Gasteiger partial charge is 0.305 e. The lowest BCUT2D eigenvalue weighted by Gasteiger charge is -2.17. The van der Waals surface area contributed by atoms with E-state index in [0.717, 1.165) is 25.7 Å². The standard InChI is InChI=1S/C23H36O5/c1-19(2)9-8-16-27-22(24)12-7-13-23(25)28-18-15-21(14-17-26-3)20-10-5-4-6-11-20/h4-6,10-11,19,21H,7-9,12-18H2,1-3H3. The largest absolute Gasteiger partial charge is 0.466 e. The number of carbonyl (C=O) groups is 2. The Hall–Kier alpha value is -1.88. The van der Waals surface area contributed by atoms with E-state index in [0.29, 0.717) is 38.1 Å². The second-order valence-corrected chi connectivity index (χ2v) is 7.51. The van der Waals surface area contributed by atoms with Crippen LogP contribution in [0.4, 0.5) is 0 Å². The summed E-state index contributed by atoms with van der Waals surface area (Å²) in [7, 11) is 1.69. The van der Waals surface area contributed by atoms with E-state index < -0.39 is 0 Å². The summed E-state index contributed by atoms with van der Waals surface area (Å²) >= 11 is 0. The third-order valence-corrected chi connectivity index (χ3v) is 4.62. The van der Waals surface area contributed by atoms with Crippen molar-refractivity contribution in [3.05, 3.63) is 35.9 Å². The average Bonchev–Trinajstić information content (AvgIpc) is 2.68. The lowest BCUT2D eigenvalue weighted by atomic mass is 9.93. The molecule has 1 rings (SSSR count).